The van der Waals surface area contributed by atoms with Crippen molar-refractivity contribution in [3.8, 4) is 24.2 Å². The summed E-state index contributed by atoms with van der Waals surface area (Å²) >= 11 is 0. The number of nitriles is 1. The van der Waals surface area contributed by atoms with Crippen LogP contribution in [0.25, 0.3) is 11.6 Å². The molecule has 0 unspecified atom stereocenters. The van der Waals surface area contributed by atoms with Crippen LogP contribution in [0.3, 0.4) is 0 Å². The van der Waals surface area contributed by atoms with Gasteiger partial charge in [0.1, 0.15) is 12.4 Å². The molecule has 0 fully saturated rings. The SMILES string of the molecule is C#CCOc1cccc(/C=C(/C#N)c2ccccc2)c1. The molecule has 2 aromatic carbocycles. The highest BCUT2D eigenvalue weighted by molar-refractivity contribution is 5.89. The van der Waals surface area contributed by atoms with Crippen molar-refractivity contribution in [1.82, 2.24) is 0 Å². The average molecular weight is 259 g/mol. The van der Waals surface area contributed by atoms with Gasteiger partial charge in [0.25, 0.3) is 0 Å². The molecule has 2 heteroatoms. The van der Waals surface area contributed by atoms with Crippen LogP contribution in [0.1, 0.15) is 11.1 Å². The Labute approximate surface area is 118 Å². The van der Waals surface area contributed by atoms with E-state index in [0.29, 0.717) is 11.3 Å². The Morgan fingerprint density at radius 1 is 1.15 bits per heavy atom. The molecule has 0 aliphatic carbocycles. The van der Waals surface area contributed by atoms with Crippen LogP contribution in [0.5, 0.6) is 5.75 Å². The van der Waals surface area contributed by atoms with Crippen LogP contribution in [0, 0.1) is 23.7 Å². The maximum atomic E-state index is 9.28. The largest absolute Gasteiger partial charge is 0.481 e. The van der Waals surface area contributed by atoms with Crippen LogP contribution in [-0.2, 0) is 0 Å². The molecule has 0 saturated heterocycles. The van der Waals surface area contributed by atoms with E-state index in [1.165, 1.54) is 0 Å². The molecule has 0 heterocycles. The summed E-state index contributed by atoms with van der Waals surface area (Å²) in [5.74, 6) is 3.12. The first-order valence-corrected chi connectivity index (χ1v) is 6.17. The van der Waals surface area contributed by atoms with Gasteiger partial charge in [-0.05, 0) is 29.3 Å². The molecule has 2 nitrogen and oxygen atoms in total. The van der Waals surface area contributed by atoms with Crippen LogP contribution < -0.4 is 4.74 Å². The highest BCUT2D eigenvalue weighted by Gasteiger charge is 2.01. The predicted molar refractivity (Wildman–Crippen MR) is 80.7 cm³/mol. The average Bonchev–Trinajstić information content (AvgIpc) is 2.52. The van der Waals surface area contributed by atoms with Gasteiger partial charge in [0, 0.05) is 0 Å². The van der Waals surface area contributed by atoms with Gasteiger partial charge in [-0.2, -0.15) is 5.26 Å². The molecular formula is C18H13NO. The summed E-state index contributed by atoms with van der Waals surface area (Å²) in [4.78, 5) is 0. The summed E-state index contributed by atoms with van der Waals surface area (Å²) in [6.07, 6.45) is 6.99. The molecule has 0 radical (unpaired) electrons. The fourth-order valence-corrected chi connectivity index (χ4v) is 1.78. The topological polar surface area (TPSA) is 33.0 Å². The molecule has 0 aromatic heterocycles. The van der Waals surface area contributed by atoms with E-state index in [-0.39, 0.29) is 6.61 Å². The van der Waals surface area contributed by atoms with Gasteiger partial charge in [-0.3, -0.25) is 0 Å². The Hall–Kier alpha value is -2.97. The van der Waals surface area contributed by atoms with E-state index in [1.54, 1.807) is 0 Å². The van der Waals surface area contributed by atoms with Gasteiger partial charge < -0.3 is 4.74 Å². The van der Waals surface area contributed by atoms with Crippen molar-refractivity contribution >= 4 is 11.6 Å². The number of hydrogen-bond donors (Lipinski definition) is 0. The molecule has 0 bridgehead atoms. The summed E-state index contributed by atoms with van der Waals surface area (Å²) in [6, 6.07) is 19.3. The van der Waals surface area contributed by atoms with Crippen LogP contribution in [-0.4, -0.2) is 6.61 Å². The van der Waals surface area contributed by atoms with Gasteiger partial charge in [0.15, 0.2) is 0 Å². The Morgan fingerprint density at radius 2 is 1.95 bits per heavy atom. The van der Waals surface area contributed by atoms with Crippen LogP contribution in [0.15, 0.2) is 54.6 Å². The van der Waals surface area contributed by atoms with Crippen LogP contribution in [0.2, 0.25) is 0 Å². The lowest BCUT2D eigenvalue weighted by atomic mass is 10.0. The Balaban J connectivity index is 2.29. The first kappa shape index (κ1) is 13.5. The zero-order valence-corrected chi connectivity index (χ0v) is 10.9. The lowest BCUT2D eigenvalue weighted by Gasteiger charge is -2.04. The van der Waals surface area contributed by atoms with Gasteiger partial charge in [-0.25, -0.2) is 0 Å². The lowest BCUT2D eigenvalue weighted by molar-refractivity contribution is 0.370. The quantitative estimate of drug-likeness (QED) is 0.476. The molecule has 0 aliphatic rings. The zero-order chi connectivity index (χ0) is 14.2. The van der Waals surface area contributed by atoms with Crippen molar-refractivity contribution in [2.24, 2.45) is 0 Å². The maximum absolute atomic E-state index is 9.28. The highest BCUT2D eigenvalue weighted by atomic mass is 16.5. The second-order valence-corrected chi connectivity index (χ2v) is 4.10. The number of ether oxygens (including phenoxy) is 1. The third-order valence-electron chi connectivity index (χ3n) is 2.70. The number of rotatable bonds is 4. The number of nitrogens with zero attached hydrogens (tertiary/aromatic N) is 1. The van der Waals surface area contributed by atoms with E-state index in [1.807, 2.05) is 60.7 Å². The van der Waals surface area contributed by atoms with Gasteiger partial charge in [0.2, 0.25) is 0 Å². The van der Waals surface area contributed by atoms with Crippen molar-refractivity contribution in [3.63, 3.8) is 0 Å². The minimum absolute atomic E-state index is 0.233. The molecule has 2 aromatic rings. The van der Waals surface area contributed by atoms with Crippen molar-refractivity contribution < 1.29 is 4.74 Å². The van der Waals surface area contributed by atoms with E-state index < -0.39 is 0 Å². The van der Waals surface area contributed by atoms with Crippen molar-refractivity contribution in [3.05, 3.63) is 65.7 Å². The molecule has 0 spiro atoms. The predicted octanol–water partition coefficient (Wildman–Crippen LogP) is 3.76. The van der Waals surface area contributed by atoms with Crippen LogP contribution in [0.4, 0.5) is 0 Å². The van der Waals surface area contributed by atoms with E-state index in [4.69, 9.17) is 11.2 Å². The van der Waals surface area contributed by atoms with E-state index in [0.717, 1.165) is 11.1 Å². The Morgan fingerprint density at radius 3 is 2.65 bits per heavy atom. The lowest BCUT2D eigenvalue weighted by Crippen LogP contribution is -1.93. The molecule has 0 amide bonds. The standard InChI is InChI=1S/C18H13NO/c1-2-11-20-18-10-6-7-15(13-18)12-17(14-19)16-8-4-3-5-9-16/h1,3-10,12-13H,11H2/b17-12-. The summed E-state index contributed by atoms with van der Waals surface area (Å²) in [7, 11) is 0. The summed E-state index contributed by atoms with van der Waals surface area (Å²) in [5, 5.41) is 9.28. The normalized spacial score (nSPS) is 10.4. The second-order valence-electron chi connectivity index (χ2n) is 4.10. The van der Waals surface area contributed by atoms with Gasteiger partial charge in [-0.1, -0.05) is 48.4 Å². The highest BCUT2D eigenvalue weighted by Crippen LogP contribution is 2.20. The smallest absolute Gasteiger partial charge is 0.148 e. The molecule has 20 heavy (non-hydrogen) atoms. The van der Waals surface area contributed by atoms with Crippen LogP contribution >= 0.6 is 0 Å². The molecule has 2 rings (SSSR count). The maximum Gasteiger partial charge on any atom is 0.148 e. The summed E-state index contributed by atoms with van der Waals surface area (Å²) < 4.78 is 5.37. The molecule has 96 valence electrons. The first-order valence-electron chi connectivity index (χ1n) is 6.17. The van der Waals surface area contributed by atoms with Crippen molar-refractivity contribution in [2.75, 3.05) is 6.61 Å². The fraction of sp³-hybridized carbons (Fsp3) is 0.0556. The minimum atomic E-state index is 0.233. The monoisotopic (exact) mass is 259 g/mol. The minimum Gasteiger partial charge on any atom is -0.481 e. The molecule has 0 aliphatic heterocycles. The number of hydrogen-bond acceptors (Lipinski definition) is 2. The second kappa shape index (κ2) is 6.83. The number of allylic oxidation sites excluding steroid dienone is 1. The zero-order valence-electron chi connectivity index (χ0n) is 10.9. The van der Waals surface area contributed by atoms with Gasteiger partial charge in [-0.15, -0.1) is 6.42 Å². The van der Waals surface area contributed by atoms with E-state index >= 15 is 0 Å². The van der Waals surface area contributed by atoms with Gasteiger partial charge in [0.05, 0.1) is 11.6 Å². The number of benzene rings is 2. The van der Waals surface area contributed by atoms with E-state index in [9.17, 15) is 5.26 Å². The summed E-state index contributed by atoms with van der Waals surface area (Å²) in [6.45, 7) is 0.233. The van der Waals surface area contributed by atoms with Gasteiger partial charge >= 0.3 is 0 Å². The number of terminal acetylenes is 1. The fourth-order valence-electron chi connectivity index (χ4n) is 1.78. The third kappa shape index (κ3) is 3.51. The Bertz CT molecular complexity index is 687. The van der Waals surface area contributed by atoms with E-state index in [2.05, 4.69) is 12.0 Å². The summed E-state index contributed by atoms with van der Waals surface area (Å²) in [5.41, 5.74) is 2.41. The van der Waals surface area contributed by atoms with Crippen molar-refractivity contribution in [1.29, 1.82) is 5.26 Å². The Kier molecular flexibility index (Phi) is 4.60. The first-order chi connectivity index (χ1) is 9.83. The molecule has 0 atom stereocenters. The molecule has 0 saturated carbocycles. The molecular weight excluding hydrogens is 246 g/mol. The third-order valence-corrected chi connectivity index (χ3v) is 2.70. The molecule has 0 N–H and O–H groups in total. The van der Waals surface area contributed by atoms with Crippen molar-refractivity contribution in [2.45, 2.75) is 0 Å².